The lowest BCUT2D eigenvalue weighted by Gasteiger charge is -2.28. The number of nitrogens with one attached hydrogen (secondary N) is 1. The van der Waals surface area contributed by atoms with Crippen LogP contribution < -0.4 is 5.32 Å². The SMILES string of the molecule is Cl.O=C(c1ccccc1)N1C[C@@H]2CNC[C@@H]2[C@@H]1c1ccccc1. The van der Waals surface area contributed by atoms with Gasteiger partial charge in [-0.1, -0.05) is 48.5 Å². The monoisotopic (exact) mass is 328 g/mol. The molecule has 1 N–H and O–H groups in total. The highest BCUT2D eigenvalue weighted by Gasteiger charge is 2.46. The molecular weight excluding hydrogens is 308 g/mol. The van der Waals surface area contributed by atoms with Crippen molar-refractivity contribution in [2.75, 3.05) is 19.6 Å². The number of benzene rings is 2. The fourth-order valence-electron chi connectivity index (χ4n) is 3.95. The van der Waals surface area contributed by atoms with Gasteiger partial charge in [0.2, 0.25) is 0 Å². The van der Waals surface area contributed by atoms with E-state index in [0.717, 1.165) is 25.2 Å². The van der Waals surface area contributed by atoms with Crippen molar-refractivity contribution in [1.82, 2.24) is 10.2 Å². The minimum Gasteiger partial charge on any atom is -0.331 e. The Labute approximate surface area is 143 Å². The zero-order valence-corrected chi connectivity index (χ0v) is 13.7. The number of likely N-dealkylation sites (tertiary alicyclic amines) is 1. The summed E-state index contributed by atoms with van der Waals surface area (Å²) in [5, 5.41) is 3.49. The number of hydrogen-bond acceptors (Lipinski definition) is 2. The lowest BCUT2D eigenvalue weighted by Crippen LogP contribution is -2.34. The van der Waals surface area contributed by atoms with E-state index in [9.17, 15) is 4.79 Å². The summed E-state index contributed by atoms with van der Waals surface area (Å²) in [5.41, 5.74) is 2.04. The zero-order chi connectivity index (χ0) is 14.9. The van der Waals surface area contributed by atoms with Gasteiger partial charge in [0.1, 0.15) is 0 Å². The van der Waals surface area contributed by atoms with E-state index in [2.05, 4.69) is 34.5 Å². The number of amides is 1. The van der Waals surface area contributed by atoms with Crippen LogP contribution in [0.5, 0.6) is 0 Å². The first-order valence-electron chi connectivity index (χ1n) is 7.96. The summed E-state index contributed by atoms with van der Waals surface area (Å²) >= 11 is 0. The molecule has 2 saturated heterocycles. The molecule has 0 unspecified atom stereocenters. The minimum atomic E-state index is 0. The summed E-state index contributed by atoms with van der Waals surface area (Å²) in [6, 6.07) is 20.3. The Kier molecular flexibility index (Phi) is 4.69. The molecule has 23 heavy (non-hydrogen) atoms. The van der Waals surface area contributed by atoms with Crippen molar-refractivity contribution in [1.29, 1.82) is 0 Å². The average Bonchev–Trinajstić information content (AvgIpc) is 3.16. The Morgan fingerprint density at radius 3 is 2.30 bits per heavy atom. The van der Waals surface area contributed by atoms with Crippen LogP contribution in [0.4, 0.5) is 0 Å². The van der Waals surface area contributed by atoms with E-state index in [-0.39, 0.29) is 24.4 Å². The van der Waals surface area contributed by atoms with Gasteiger partial charge in [0.15, 0.2) is 0 Å². The van der Waals surface area contributed by atoms with Gasteiger partial charge in [-0.3, -0.25) is 4.79 Å². The van der Waals surface area contributed by atoms with Crippen molar-refractivity contribution in [2.24, 2.45) is 11.8 Å². The van der Waals surface area contributed by atoms with Gasteiger partial charge in [-0.25, -0.2) is 0 Å². The Balaban J connectivity index is 0.00000156. The molecule has 2 aromatic rings. The molecule has 0 saturated carbocycles. The van der Waals surface area contributed by atoms with E-state index in [1.807, 2.05) is 36.4 Å². The van der Waals surface area contributed by atoms with Crippen LogP contribution in [0.2, 0.25) is 0 Å². The summed E-state index contributed by atoms with van der Waals surface area (Å²) in [6.07, 6.45) is 0. The van der Waals surface area contributed by atoms with Crippen LogP contribution in [0.3, 0.4) is 0 Å². The van der Waals surface area contributed by atoms with Crippen LogP contribution in [0.15, 0.2) is 60.7 Å². The lowest BCUT2D eigenvalue weighted by molar-refractivity contribution is 0.0714. The third-order valence-corrected chi connectivity index (χ3v) is 4.99. The maximum absolute atomic E-state index is 13.0. The maximum Gasteiger partial charge on any atom is 0.254 e. The molecule has 2 aliphatic heterocycles. The van der Waals surface area contributed by atoms with Crippen LogP contribution in [0, 0.1) is 11.8 Å². The summed E-state index contributed by atoms with van der Waals surface area (Å²) in [6.45, 7) is 2.88. The van der Waals surface area contributed by atoms with Crippen molar-refractivity contribution in [3.8, 4) is 0 Å². The molecule has 0 radical (unpaired) electrons. The Bertz CT molecular complexity index is 662. The van der Waals surface area contributed by atoms with Gasteiger partial charge in [0.05, 0.1) is 6.04 Å². The van der Waals surface area contributed by atoms with E-state index >= 15 is 0 Å². The first kappa shape index (κ1) is 16.0. The molecule has 0 bridgehead atoms. The van der Waals surface area contributed by atoms with Crippen molar-refractivity contribution >= 4 is 18.3 Å². The number of fused-ring (bicyclic) bond motifs is 1. The Morgan fingerprint density at radius 2 is 1.61 bits per heavy atom. The van der Waals surface area contributed by atoms with Gasteiger partial charge in [-0.05, 0) is 23.6 Å². The Hall–Kier alpha value is -1.84. The molecular formula is C19H21ClN2O. The van der Waals surface area contributed by atoms with Crippen molar-refractivity contribution in [3.05, 3.63) is 71.8 Å². The average molecular weight is 329 g/mol. The predicted octanol–water partition coefficient (Wildman–Crippen LogP) is 3.14. The maximum atomic E-state index is 13.0. The number of carbonyl (C=O) groups is 1. The number of carbonyl (C=O) groups excluding carboxylic acids is 1. The van der Waals surface area contributed by atoms with Crippen molar-refractivity contribution in [3.63, 3.8) is 0 Å². The van der Waals surface area contributed by atoms with Gasteiger partial charge in [0, 0.05) is 31.1 Å². The third-order valence-electron chi connectivity index (χ3n) is 4.99. The van der Waals surface area contributed by atoms with E-state index in [1.165, 1.54) is 5.56 Å². The molecule has 4 heteroatoms. The number of nitrogens with zero attached hydrogens (tertiary/aromatic N) is 1. The summed E-state index contributed by atoms with van der Waals surface area (Å²) in [7, 11) is 0. The molecule has 1 amide bonds. The number of hydrogen-bond donors (Lipinski definition) is 1. The number of halogens is 1. The molecule has 0 spiro atoms. The van der Waals surface area contributed by atoms with Gasteiger partial charge in [-0.15, -0.1) is 12.4 Å². The molecule has 3 atom stereocenters. The standard InChI is InChI=1S/C19H20N2O.ClH/c22-19(15-9-5-2-6-10-15)21-13-16-11-20-12-17(16)18(21)14-7-3-1-4-8-14;/h1-10,16-18,20H,11-13H2;1H/t16-,17-,18-;/m0./s1. The van der Waals surface area contributed by atoms with E-state index in [1.54, 1.807) is 0 Å². The zero-order valence-electron chi connectivity index (χ0n) is 12.9. The van der Waals surface area contributed by atoms with E-state index < -0.39 is 0 Å². The second-order valence-electron chi connectivity index (χ2n) is 6.26. The smallest absolute Gasteiger partial charge is 0.254 e. The summed E-state index contributed by atoms with van der Waals surface area (Å²) in [4.78, 5) is 15.1. The van der Waals surface area contributed by atoms with Crippen LogP contribution in [0.25, 0.3) is 0 Å². The molecule has 2 aromatic carbocycles. The highest BCUT2D eigenvalue weighted by molar-refractivity contribution is 5.94. The molecule has 0 aliphatic carbocycles. The van der Waals surface area contributed by atoms with Gasteiger partial charge >= 0.3 is 0 Å². The highest BCUT2D eigenvalue weighted by atomic mass is 35.5. The van der Waals surface area contributed by atoms with Crippen molar-refractivity contribution in [2.45, 2.75) is 6.04 Å². The normalized spacial score (nSPS) is 25.7. The van der Waals surface area contributed by atoms with Crippen LogP contribution >= 0.6 is 12.4 Å². The second-order valence-corrected chi connectivity index (χ2v) is 6.26. The number of rotatable bonds is 2. The molecule has 0 aromatic heterocycles. The van der Waals surface area contributed by atoms with Crippen molar-refractivity contribution < 1.29 is 4.79 Å². The molecule has 120 valence electrons. The topological polar surface area (TPSA) is 32.3 Å². The van der Waals surface area contributed by atoms with Gasteiger partial charge < -0.3 is 10.2 Å². The quantitative estimate of drug-likeness (QED) is 0.918. The first-order chi connectivity index (χ1) is 10.8. The molecule has 3 nitrogen and oxygen atoms in total. The predicted molar refractivity (Wildman–Crippen MR) is 93.8 cm³/mol. The largest absolute Gasteiger partial charge is 0.331 e. The van der Waals surface area contributed by atoms with Gasteiger partial charge in [-0.2, -0.15) is 0 Å². The minimum absolute atomic E-state index is 0. The van der Waals surface area contributed by atoms with Crippen LogP contribution in [-0.2, 0) is 0 Å². The van der Waals surface area contributed by atoms with Crippen LogP contribution in [0.1, 0.15) is 22.0 Å². The summed E-state index contributed by atoms with van der Waals surface area (Å²) < 4.78 is 0. The molecule has 2 aliphatic rings. The van der Waals surface area contributed by atoms with Gasteiger partial charge in [0.25, 0.3) is 5.91 Å². The third kappa shape index (κ3) is 2.87. The fourth-order valence-corrected chi connectivity index (χ4v) is 3.95. The second kappa shape index (κ2) is 6.73. The van der Waals surface area contributed by atoms with E-state index in [0.29, 0.717) is 11.8 Å². The molecule has 4 rings (SSSR count). The summed E-state index contributed by atoms with van der Waals surface area (Å²) in [5.74, 6) is 1.25. The fraction of sp³-hybridized carbons (Fsp3) is 0.316. The van der Waals surface area contributed by atoms with E-state index in [4.69, 9.17) is 0 Å². The highest BCUT2D eigenvalue weighted by Crippen LogP contribution is 2.43. The molecule has 2 fully saturated rings. The van der Waals surface area contributed by atoms with Crippen LogP contribution in [-0.4, -0.2) is 30.4 Å². The first-order valence-corrected chi connectivity index (χ1v) is 7.96. The Morgan fingerprint density at radius 1 is 0.957 bits per heavy atom. The molecule has 2 heterocycles. The lowest BCUT2D eigenvalue weighted by atomic mass is 9.89.